The molecular weight excluding hydrogens is 312 g/mol. The summed E-state index contributed by atoms with van der Waals surface area (Å²) in [6.07, 6.45) is -0.416. The van der Waals surface area contributed by atoms with Crippen LogP contribution in [0, 0.1) is 11.3 Å². The normalized spacial score (nSPS) is 11.5. The number of hydrogen-bond acceptors (Lipinski definition) is 3. The van der Waals surface area contributed by atoms with Crippen LogP contribution < -0.4 is 5.32 Å². The maximum Gasteiger partial charge on any atom is 0.224 e. The quantitative estimate of drug-likeness (QED) is 0.856. The molecule has 1 unspecified atom stereocenters. The molecule has 2 aromatic carbocycles. The van der Waals surface area contributed by atoms with Crippen molar-refractivity contribution in [2.24, 2.45) is 0 Å². The Kier molecular flexibility index (Phi) is 6.16. The molecule has 23 heavy (non-hydrogen) atoms. The highest BCUT2D eigenvalue weighted by molar-refractivity contribution is 6.31. The summed E-state index contributed by atoms with van der Waals surface area (Å²) < 4.78 is 0. The van der Waals surface area contributed by atoms with Crippen molar-refractivity contribution in [2.45, 2.75) is 18.9 Å². The number of amides is 1. The Labute approximate surface area is 140 Å². The molecule has 0 fully saturated rings. The van der Waals surface area contributed by atoms with Crippen molar-refractivity contribution in [3.8, 4) is 6.07 Å². The second-order valence-corrected chi connectivity index (χ2v) is 5.53. The number of halogens is 1. The molecular formula is C18H17ClN2O2. The van der Waals surface area contributed by atoms with Gasteiger partial charge in [0, 0.05) is 17.1 Å². The molecule has 1 atom stereocenters. The van der Waals surface area contributed by atoms with E-state index in [1.807, 2.05) is 24.3 Å². The van der Waals surface area contributed by atoms with Gasteiger partial charge in [-0.3, -0.25) is 4.79 Å². The third-order valence-electron chi connectivity index (χ3n) is 3.50. The van der Waals surface area contributed by atoms with E-state index < -0.39 is 6.10 Å². The second-order valence-electron chi connectivity index (χ2n) is 5.12. The average Bonchev–Trinajstić information content (AvgIpc) is 2.55. The summed E-state index contributed by atoms with van der Waals surface area (Å²) in [7, 11) is 0. The Hall–Kier alpha value is -2.35. The third-order valence-corrected chi connectivity index (χ3v) is 3.84. The second kappa shape index (κ2) is 8.33. The van der Waals surface area contributed by atoms with Gasteiger partial charge in [0.1, 0.15) is 0 Å². The fourth-order valence-corrected chi connectivity index (χ4v) is 2.55. The highest BCUT2D eigenvalue weighted by atomic mass is 35.5. The van der Waals surface area contributed by atoms with Crippen molar-refractivity contribution < 1.29 is 9.90 Å². The zero-order valence-electron chi connectivity index (χ0n) is 12.5. The number of nitriles is 1. The van der Waals surface area contributed by atoms with Crippen LogP contribution in [-0.4, -0.2) is 17.6 Å². The van der Waals surface area contributed by atoms with Gasteiger partial charge in [0.25, 0.3) is 0 Å². The number of nitrogens with one attached hydrogen (secondary N) is 1. The first-order valence-corrected chi connectivity index (χ1v) is 7.62. The van der Waals surface area contributed by atoms with E-state index in [-0.39, 0.29) is 25.3 Å². The molecule has 0 bridgehead atoms. The van der Waals surface area contributed by atoms with Gasteiger partial charge in [-0.05, 0) is 17.2 Å². The van der Waals surface area contributed by atoms with Crippen LogP contribution in [0.25, 0.3) is 0 Å². The molecule has 5 heteroatoms. The highest BCUT2D eigenvalue weighted by Crippen LogP contribution is 2.21. The molecule has 0 aromatic heterocycles. The van der Waals surface area contributed by atoms with Crippen LogP contribution in [0.5, 0.6) is 0 Å². The molecule has 0 spiro atoms. The number of hydrogen-bond donors (Lipinski definition) is 2. The molecule has 0 saturated heterocycles. The largest absolute Gasteiger partial charge is 0.387 e. The van der Waals surface area contributed by atoms with Gasteiger partial charge >= 0.3 is 0 Å². The number of carbonyl (C=O) groups is 1. The molecule has 2 rings (SSSR count). The standard InChI is InChI=1S/C18H17ClN2O2/c19-16-8-4-3-7-15(16)17(22)12-21-18(23)11-14-6-2-1-5-13(14)9-10-20/h1-8,17,22H,9,11-12H2,(H,21,23). The maximum absolute atomic E-state index is 12.1. The van der Waals surface area contributed by atoms with Crippen molar-refractivity contribution >= 4 is 17.5 Å². The van der Waals surface area contributed by atoms with Gasteiger partial charge < -0.3 is 10.4 Å². The van der Waals surface area contributed by atoms with Crippen LogP contribution in [0.3, 0.4) is 0 Å². The predicted molar refractivity (Wildman–Crippen MR) is 88.9 cm³/mol. The third kappa shape index (κ3) is 4.82. The van der Waals surface area contributed by atoms with Gasteiger partial charge in [0.05, 0.1) is 25.0 Å². The monoisotopic (exact) mass is 328 g/mol. The molecule has 0 aliphatic heterocycles. The van der Waals surface area contributed by atoms with Crippen LogP contribution in [0.2, 0.25) is 5.02 Å². The molecule has 2 aromatic rings. The first kappa shape index (κ1) is 17.0. The summed E-state index contributed by atoms with van der Waals surface area (Å²) in [5.74, 6) is -0.207. The lowest BCUT2D eigenvalue weighted by molar-refractivity contribution is -0.120. The summed E-state index contributed by atoms with van der Waals surface area (Å²) in [5.41, 5.74) is 2.25. The number of aliphatic hydroxyl groups excluding tert-OH is 1. The molecule has 1 amide bonds. The SMILES string of the molecule is N#CCc1ccccc1CC(=O)NCC(O)c1ccccc1Cl. The zero-order valence-corrected chi connectivity index (χ0v) is 13.3. The lowest BCUT2D eigenvalue weighted by Gasteiger charge is -2.14. The fourth-order valence-electron chi connectivity index (χ4n) is 2.29. The smallest absolute Gasteiger partial charge is 0.224 e. The van der Waals surface area contributed by atoms with Gasteiger partial charge in [-0.25, -0.2) is 0 Å². The molecule has 0 heterocycles. The van der Waals surface area contributed by atoms with Crippen LogP contribution >= 0.6 is 11.6 Å². The van der Waals surface area contributed by atoms with E-state index in [1.54, 1.807) is 24.3 Å². The van der Waals surface area contributed by atoms with Crippen molar-refractivity contribution in [1.82, 2.24) is 5.32 Å². The molecule has 118 valence electrons. The fraction of sp³-hybridized carbons (Fsp3) is 0.222. The van der Waals surface area contributed by atoms with Gasteiger partial charge in [-0.1, -0.05) is 54.1 Å². The van der Waals surface area contributed by atoms with Gasteiger partial charge in [0.15, 0.2) is 0 Å². The van der Waals surface area contributed by atoms with Crippen molar-refractivity contribution in [3.63, 3.8) is 0 Å². The average molecular weight is 329 g/mol. The first-order chi connectivity index (χ1) is 11.1. The topological polar surface area (TPSA) is 73.1 Å². The maximum atomic E-state index is 12.1. The van der Waals surface area contributed by atoms with Crippen LogP contribution in [0.4, 0.5) is 0 Å². The molecule has 0 radical (unpaired) electrons. The lowest BCUT2D eigenvalue weighted by atomic mass is 10.0. The molecule has 0 saturated carbocycles. The minimum absolute atomic E-state index is 0.0863. The highest BCUT2D eigenvalue weighted by Gasteiger charge is 2.13. The Morgan fingerprint density at radius 3 is 2.52 bits per heavy atom. The van der Waals surface area contributed by atoms with E-state index in [9.17, 15) is 9.90 Å². The first-order valence-electron chi connectivity index (χ1n) is 7.24. The van der Waals surface area contributed by atoms with Crippen LogP contribution in [-0.2, 0) is 17.6 Å². The van der Waals surface area contributed by atoms with E-state index in [1.165, 1.54) is 0 Å². The summed E-state index contributed by atoms with van der Waals surface area (Å²) in [5, 5.41) is 22.1. The van der Waals surface area contributed by atoms with E-state index in [4.69, 9.17) is 16.9 Å². The molecule has 0 aliphatic rings. The van der Waals surface area contributed by atoms with Gasteiger partial charge in [-0.2, -0.15) is 5.26 Å². The van der Waals surface area contributed by atoms with Gasteiger partial charge in [-0.15, -0.1) is 0 Å². The molecule has 0 aliphatic carbocycles. The Morgan fingerprint density at radius 2 is 1.83 bits per heavy atom. The Bertz CT molecular complexity index is 725. The molecule has 2 N–H and O–H groups in total. The van der Waals surface area contributed by atoms with Crippen LogP contribution in [0.1, 0.15) is 22.8 Å². The minimum Gasteiger partial charge on any atom is -0.387 e. The Balaban J connectivity index is 1.93. The van der Waals surface area contributed by atoms with E-state index in [2.05, 4.69) is 11.4 Å². The van der Waals surface area contributed by atoms with E-state index in [0.29, 0.717) is 10.6 Å². The van der Waals surface area contributed by atoms with E-state index >= 15 is 0 Å². The Morgan fingerprint density at radius 1 is 1.17 bits per heavy atom. The summed E-state index contributed by atoms with van der Waals surface area (Å²) >= 11 is 6.02. The minimum atomic E-state index is -0.859. The number of carbonyl (C=O) groups excluding carboxylic acids is 1. The van der Waals surface area contributed by atoms with Gasteiger partial charge in [0.2, 0.25) is 5.91 Å². The predicted octanol–water partition coefficient (Wildman–Crippen LogP) is 2.80. The summed E-state index contributed by atoms with van der Waals surface area (Å²) in [6.45, 7) is 0.0863. The summed E-state index contributed by atoms with van der Waals surface area (Å²) in [6, 6.07) is 16.4. The molecule has 4 nitrogen and oxygen atoms in total. The van der Waals surface area contributed by atoms with Crippen molar-refractivity contribution in [2.75, 3.05) is 6.54 Å². The number of aliphatic hydroxyl groups is 1. The van der Waals surface area contributed by atoms with Crippen molar-refractivity contribution in [3.05, 3.63) is 70.2 Å². The zero-order chi connectivity index (χ0) is 16.7. The number of nitrogens with zero attached hydrogens (tertiary/aromatic N) is 1. The van der Waals surface area contributed by atoms with E-state index in [0.717, 1.165) is 11.1 Å². The number of benzene rings is 2. The van der Waals surface area contributed by atoms with Crippen LogP contribution in [0.15, 0.2) is 48.5 Å². The summed E-state index contributed by atoms with van der Waals surface area (Å²) in [4.78, 5) is 12.1. The lowest BCUT2D eigenvalue weighted by Crippen LogP contribution is -2.30. The number of rotatable bonds is 6. The van der Waals surface area contributed by atoms with Crippen molar-refractivity contribution in [1.29, 1.82) is 5.26 Å².